The van der Waals surface area contributed by atoms with Crippen molar-refractivity contribution >= 4 is 23.2 Å². The molecule has 0 saturated heterocycles. The third-order valence-electron chi connectivity index (χ3n) is 3.67. The number of carbonyl (C=O) groups excluding carboxylic acids is 2. The smallest absolute Gasteiger partial charge is 0.274 e. The molecule has 0 unspecified atom stereocenters. The van der Waals surface area contributed by atoms with Crippen LogP contribution in [0, 0.1) is 0 Å². The first kappa shape index (κ1) is 18.4. The number of nitrogens with zero attached hydrogens (tertiary/aromatic N) is 2. The second-order valence-corrected chi connectivity index (χ2v) is 5.91. The number of benzene rings is 1. The van der Waals surface area contributed by atoms with E-state index in [4.69, 9.17) is 0 Å². The Labute approximate surface area is 148 Å². The van der Waals surface area contributed by atoms with Gasteiger partial charge in [-0.15, -0.1) is 0 Å². The molecule has 0 saturated carbocycles. The highest BCUT2D eigenvalue weighted by Gasteiger charge is 2.12. The summed E-state index contributed by atoms with van der Waals surface area (Å²) in [6.07, 6.45) is 1.91. The summed E-state index contributed by atoms with van der Waals surface area (Å²) in [4.78, 5) is 30.5. The fourth-order valence-electron chi connectivity index (χ4n) is 2.19. The molecule has 0 fully saturated rings. The predicted octanol–water partition coefficient (Wildman–Crippen LogP) is 2.93. The molecule has 0 aliphatic rings. The van der Waals surface area contributed by atoms with Gasteiger partial charge in [0, 0.05) is 32.0 Å². The summed E-state index contributed by atoms with van der Waals surface area (Å²) < 4.78 is 0. The van der Waals surface area contributed by atoms with Crippen LogP contribution in [0.1, 0.15) is 40.7 Å². The lowest BCUT2D eigenvalue weighted by Crippen LogP contribution is -2.26. The van der Waals surface area contributed by atoms with E-state index in [-0.39, 0.29) is 23.2 Å². The summed E-state index contributed by atoms with van der Waals surface area (Å²) in [5.41, 5.74) is 2.17. The number of nitrogens with one attached hydrogen (secondary N) is 2. The highest BCUT2D eigenvalue weighted by molar-refractivity contribution is 6.03. The van der Waals surface area contributed by atoms with Crippen LogP contribution >= 0.6 is 0 Å². The summed E-state index contributed by atoms with van der Waals surface area (Å²) in [7, 11) is 3.91. The minimum Gasteiger partial charge on any atom is -0.378 e. The Bertz CT molecular complexity index is 726. The molecule has 0 bridgehead atoms. The molecule has 2 N–H and O–H groups in total. The Morgan fingerprint density at radius 1 is 1.00 bits per heavy atom. The van der Waals surface area contributed by atoms with Crippen LogP contribution in [0.4, 0.5) is 11.4 Å². The van der Waals surface area contributed by atoms with Gasteiger partial charge in [-0.25, -0.2) is 4.98 Å². The molecule has 6 heteroatoms. The van der Waals surface area contributed by atoms with Crippen molar-refractivity contribution in [2.24, 2.45) is 0 Å². The topological polar surface area (TPSA) is 74.3 Å². The van der Waals surface area contributed by atoms with E-state index in [2.05, 4.69) is 22.5 Å². The number of aromatic nitrogens is 1. The van der Waals surface area contributed by atoms with Gasteiger partial charge in [0.25, 0.3) is 11.8 Å². The number of unbranched alkanes of at least 4 members (excludes halogenated alkanes) is 1. The van der Waals surface area contributed by atoms with Gasteiger partial charge in [-0.2, -0.15) is 0 Å². The molecule has 2 amide bonds. The lowest BCUT2D eigenvalue weighted by molar-refractivity contribution is 0.0948. The molecule has 0 radical (unpaired) electrons. The quantitative estimate of drug-likeness (QED) is 0.760. The first-order valence-electron chi connectivity index (χ1n) is 8.35. The van der Waals surface area contributed by atoms with Gasteiger partial charge in [-0.05, 0) is 42.8 Å². The molecule has 6 nitrogen and oxygen atoms in total. The molecular weight excluding hydrogens is 316 g/mol. The van der Waals surface area contributed by atoms with E-state index in [1.165, 1.54) is 0 Å². The van der Waals surface area contributed by atoms with E-state index in [1.807, 2.05) is 43.3 Å². The maximum Gasteiger partial charge on any atom is 0.274 e. The van der Waals surface area contributed by atoms with E-state index >= 15 is 0 Å². The van der Waals surface area contributed by atoms with Gasteiger partial charge >= 0.3 is 0 Å². The van der Waals surface area contributed by atoms with E-state index in [1.54, 1.807) is 18.2 Å². The molecule has 1 aromatic heterocycles. The number of hydrogen-bond donors (Lipinski definition) is 2. The number of amides is 2. The van der Waals surface area contributed by atoms with E-state index in [9.17, 15) is 9.59 Å². The van der Waals surface area contributed by atoms with Crippen molar-refractivity contribution < 1.29 is 9.59 Å². The maximum absolute atomic E-state index is 12.4. The normalized spacial score (nSPS) is 10.2. The monoisotopic (exact) mass is 340 g/mol. The lowest BCUT2D eigenvalue weighted by atomic mass is 10.2. The standard InChI is InChI=1S/C19H24N4O2/c1-4-5-13-20-18(24)16-7-6-8-17(22-16)19(25)21-14-9-11-15(12-10-14)23(2)3/h6-12H,4-5,13H2,1-3H3,(H,20,24)(H,21,25). The van der Waals surface area contributed by atoms with Crippen LogP contribution < -0.4 is 15.5 Å². The van der Waals surface area contributed by atoms with Crippen LogP contribution in [-0.4, -0.2) is 37.4 Å². The van der Waals surface area contributed by atoms with Crippen molar-refractivity contribution in [3.05, 3.63) is 53.9 Å². The second kappa shape index (κ2) is 8.82. The van der Waals surface area contributed by atoms with Crippen LogP contribution in [-0.2, 0) is 0 Å². The number of hydrogen-bond acceptors (Lipinski definition) is 4. The van der Waals surface area contributed by atoms with E-state index in [0.29, 0.717) is 12.2 Å². The first-order chi connectivity index (χ1) is 12.0. The minimum absolute atomic E-state index is 0.208. The lowest BCUT2D eigenvalue weighted by Gasteiger charge is -2.13. The largest absolute Gasteiger partial charge is 0.378 e. The molecule has 2 aromatic rings. The van der Waals surface area contributed by atoms with Gasteiger partial charge in [0.15, 0.2) is 0 Å². The SMILES string of the molecule is CCCCNC(=O)c1cccc(C(=O)Nc2ccc(N(C)C)cc2)n1. The van der Waals surface area contributed by atoms with Gasteiger partial charge in [0.1, 0.15) is 11.4 Å². The van der Waals surface area contributed by atoms with Crippen molar-refractivity contribution in [1.82, 2.24) is 10.3 Å². The Morgan fingerprint density at radius 2 is 1.64 bits per heavy atom. The number of pyridine rings is 1. The minimum atomic E-state index is -0.346. The third-order valence-corrected chi connectivity index (χ3v) is 3.67. The zero-order valence-electron chi connectivity index (χ0n) is 14.9. The maximum atomic E-state index is 12.4. The Hall–Kier alpha value is -2.89. The van der Waals surface area contributed by atoms with Crippen LogP contribution in [0.15, 0.2) is 42.5 Å². The van der Waals surface area contributed by atoms with Crippen LogP contribution in [0.25, 0.3) is 0 Å². The Balaban J connectivity index is 2.04. The molecule has 1 aromatic carbocycles. The van der Waals surface area contributed by atoms with Gasteiger partial charge in [-0.1, -0.05) is 19.4 Å². The zero-order valence-corrected chi connectivity index (χ0v) is 14.9. The van der Waals surface area contributed by atoms with Crippen LogP contribution in [0.5, 0.6) is 0 Å². The van der Waals surface area contributed by atoms with Crippen molar-refractivity contribution in [2.75, 3.05) is 30.9 Å². The molecule has 1 heterocycles. The number of anilines is 2. The highest BCUT2D eigenvalue weighted by Crippen LogP contribution is 2.16. The van der Waals surface area contributed by atoms with E-state index in [0.717, 1.165) is 18.5 Å². The van der Waals surface area contributed by atoms with E-state index < -0.39 is 0 Å². The second-order valence-electron chi connectivity index (χ2n) is 5.91. The third kappa shape index (κ3) is 5.31. The Kier molecular flexibility index (Phi) is 6.51. The Morgan fingerprint density at radius 3 is 2.24 bits per heavy atom. The number of rotatable bonds is 7. The summed E-state index contributed by atoms with van der Waals surface area (Å²) in [5, 5.41) is 5.59. The molecule has 0 spiro atoms. The van der Waals surface area contributed by atoms with Gasteiger partial charge in [-0.3, -0.25) is 9.59 Å². The van der Waals surface area contributed by atoms with Crippen LogP contribution in [0.2, 0.25) is 0 Å². The molecule has 2 rings (SSSR count). The molecule has 0 aliphatic heterocycles. The summed E-state index contributed by atoms with van der Waals surface area (Å²) in [6, 6.07) is 12.3. The molecule has 132 valence electrons. The first-order valence-corrected chi connectivity index (χ1v) is 8.35. The highest BCUT2D eigenvalue weighted by atomic mass is 16.2. The van der Waals surface area contributed by atoms with Gasteiger partial charge in [0.05, 0.1) is 0 Å². The summed E-state index contributed by atoms with van der Waals surface area (Å²) in [5.74, 6) is -0.612. The van der Waals surface area contributed by atoms with Crippen molar-refractivity contribution in [3.63, 3.8) is 0 Å². The zero-order chi connectivity index (χ0) is 18.2. The molecule has 0 aliphatic carbocycles. The van der Waals surface area contributed by atoms with Crippen molar-refractivity contribution in [3.8, 4) is 0 Å². The molecular formula is C19H24N4O2. The van der Waals surface area contributed by atoms with Crippen molar-refractivity contribution in [2.45, 2.75) is 19.8 Å². The van der Waals surface area contributed by atoms with Crippen LogP contribution in [0.3, 0.4) is 0 Å². The fraction of sp³-hybridized carbons (Fsp3) is 0.316. The van der Waals surface area contributed by atoms with Gasteiger partial charge in [0.2, 0.25) is 0 Å². The summed E-state index contributed by atoms with van der Waals surface area (Å²) in [6.45, 7) is 2.66. The predicted molar refractivity (Wildman–Crippen MR) is 100 cm³/mol. The van der Waals surface area contributed by atoms with Crippen molar-refractivity contribution in [1.29, 1.82) is 0 Å². The fourth-order valence-corrected chi connectivity index (χ4v) is 2.19. The number of carbonyl (C=O) groups is 2. The summed E-state index contributed by atoms with van der Waals surface area (Å²) >= 11 is 0. The van der Waals surface area contributed by atoms with Gasteiger partial charge < -0.3 is 15.5 Å². The average molecular weight is 340 g/mol. The molecule has 25 heavy (non-hydrogen) atoms. The average Bonchev–Trinajstić information content (AvgIpc) is 2.62. The molecule has 0 atom stereocenters.